The van der Waals surface area contributed by atoms with Gasteiger partial charge in [-0.05, 0) is 26.7 Å². The number of halogens is 2. The molecule has 0 amide bonds. The Morgan fingerprint density at radius 3 is 2.70 bits per heavy atom. The topological polar surface area (TPSA) is 71.6 Å². The molecule has 0 spiro atoms. The van der Waals surface area contributed by atoms with Crippen LogP contribution in [-0.2, 0) is 19.0 Å². The standard InChI is InChI=1S/C20H26Cl2O5/c1-18(2,24)6-3-4-13-12-5-7-19(10-21)15(26-19)8-16-20(11-22,27-16)14(12)9-25-17(13)23/h3-4,6,12,14-16,24H,5,7-11H2,1-2H3. The molecule has 27 heavy (non-hydrogen) atoms. The number of hydrogen-bond donors (Lipinski definition) is 1. The van der Waals surface area contributed by atoms with Gasteiger partial charge < -0.3 is 19.3 Å². The molecule has 1 aliphatic carbocycles. The first-order valence-corrected chi connectivity index (χ1v) is 10.6. The lowest BCUT2D eigenvalue weighted by Gasteiger charge is -2.36. The van der Waals surface area contributed by atoms with Gasteiger partial charge in [-0.1, -0.05) is 18.2 Å². The quantitative estimate of drug-likeness (QED) is 0.330. The van der Waals surface area contributed by atoms with Crippen molar-refractivity contribution in [1.82, 2.24) is 0 Å². The van der Waals surface area contributed by atoms with Gasteiger partial charge in [0, 0.05) is 23.8 Å². The Morgan fingerprint density at radius 2 is 2.04 bits per heavy atom. The van der Waals surface area contributed by atoms with E-state index in [1.54, 1.807) is 32.1 Å². The summed E-state index contributed by atoms with van der Waals surface area (Å²) in [6.07, 6.45) is 7.59. The zero-order valence-corrected chi connectivity index (χ0v) is 17.1. The van der Waals surface area contributed by atoms with Gasteiger partial charge in [-0.3, -0.25) is 0 Å². The van der Waals surface area contributed by atoms with Gasteiger partial charge in [0.25, 0.3) is 0 Å². The summed E-state index contributed by atoms with van der Waals surface area (Å²) < 4.78 is 17.5. The molecule has 4 aliphatic rings. The zero-order valence-electron chi connectivity index (χ0n) is 15.6. The normalized spacial score (nSPS) is 45.2. The number of hydrogen-bond acceptors (Lipinski definition) is 5. The molecule has 1 N–H and O–H groups in total. The number of carbonyl (C=O) groups excluding carboxylic acids is 1. The maximum Gasteiger partial charge on any atom is 0.334 e. The molecule has 3 heterocycles. The first-order valence-electron chi connectivity index (χ1n) is 9.51. The number of alkyl halides is 2. The van der Waals surface area contributed by atoms with Gasteiger partial charge in [0.05, 0.1) is 36.2 Å². The smallest absolute Gasteiger partial charge is 0.334 e. The largest absolute Gasteiger partial charge is 0.462 e. The Hall–Kier alpha value is -0.590. The third-order valence-electron chi connectivity index (χ3n) is 6.42. The number of fused-ring (bicyclic) bond motifs is 4. The zero-order chi connectivity index (χ0) is 19.4. The monoisotopic (exact) mass is 416 g/mol. The molecular formula is C20H26Cl2O5. The third kappa shape index (κ3) is 3.46. The summed E-state index contributed by atoms with van der Waals surface area (Å²) in [7, 11) is 0. The van der Waals surface area contributed by atoms with Crippen molar-refractivity contribution in [2.45, 2.75) is 62.1 Å². The Labute approximate surface area is 169 Å². The SMILES string of the molecule is CC(C)(O)C=CC=C1C(=O)OCC2C1CCC1(CCl)OC1CC1OC12CCl. The van der Waals surface area contributed by atoms with Crippen molar-refractivity contribution in [3.05, 3.63) is 23.8 Å². The molecule has 3 saturated heterocycles. The Kier molecular flexibility index (Phi) is 4.92. The second-order valence-electron chi connectivity index (χ2n) is 8.72. The second kappa shape index (κ2) is 6.74. The van der Waals surface area contributed by atoms with Gasteiger partial charge in [0.15, 0.2) is 0 Å². The molecule has 4 fully saturated rings. The number of rotatable bonds is 4. The van der Waals surface area contributed by atoms with Crippen LogP contribution >= 0.6 is 23.2 Å². The van der Waals surface area contributed by atoms with Crippen LogP contribution in [-0.4, -0.2) is 58.5 Å². The van der Waals surface area contributed by atoms with E-state index in [2.05, 4.69) is 0 Å². The molecule has 3 aliphatic heterocycles. The van der Waals surface area contributed by atoms with Gasteiger partial charge in [-0.25, -0.2) is 4.79 Å². The minimum absolute atomic E-state index is 0.0145. The van der Waals surface area contributed by atoms with Crippen LogP contribution < -0.4 is 0 Å². The predicted octanol–water partition coefficient (Wildman–Crippen LogP) is 2.97. The van der Waals surface area contributed by atoms with E-state index in [1.165, 1.54) is 0 Å². The molecule has 0 aromatic heterocycles. The van der Waals surface area contributed by atoms with E-state index in [-0.39, 0.29) is 35.6 Å². The average molecular weight is 417 g/mol. The molecule has 1 saturated carbocycles. The second-order valence-corrected chi connectivity index (χ2v) is 9.26. The van der Waals surface area contributed by atoms with Crippen LogP contribution in [0.15, 0.2) is 23.8 Å². The van der Waals surface area contributed by atoms with E-state index < -0.39 is 11.2 Å². The highest BCUT2D eigenvalue weighted by Crippen LogP contribution is 2.58. The molecule has 5 nitrogen and oxygen atoms in total. The minimum Gasteiger partial charge on any atom is -0.462 e. The number of carbonyl (C=O) groups is 1. The third-order valence-corrected chi connectivity index (χ3v) is 7.29. The molecule has 0 radical (unpaired) electrons. The van der Waals surface area contributed by atoms with E-state index in [4.69, 9.17) is 37.4 Å². The maximum absolute atomic E-state index is 12.5. The Balaban J connectivity index is 1.66. The van der Waals surface area contributed by atoms with Crippen molar-refractivity contribution in [3.8, 4) is 0 Å². The molecule has 6 atom stereocenters. The highest BCUT2D eigenvalue weighted by molar-refractivity contribution is 6.19. The lowest BCUT2D eigenvalue weighted by molar-refractivity contribution is -0.147. The van der Waals surface area contributed by atoms with Crippen molar-refractivity contribution >= 4 is 29.2 Å². The lowest BCUT2D eigenvalue weighted by atomic mass is 9.73. The highest BCUT2D eigenvalue weighted by atomic mass is 35.5. The number of allylic oxidation sites excluding steroid dienone is 2. The predicted molar refractivity (Wildman–Crippen MR) is 102 cm³/mol. The fourth-order valence-corrected chi connectivity index (χ4v) is 5.48. The van der Waals surface area contributed by atoms with E-state index in [0.717, 1.165) is 19.3 Å². The molecule has 0 aromatic rings. The van der Waals surface area contributed by atoms with Crippen molar-refractivity contribution in [1.29, 1.82) is 0 Å². The van der Waals surface area contributed by atoms with Gasteiger partial charge in [-0.15, -0.1) is 23.2 Å². The molecule has 6 unspecified atom stereocenters. The van der Waals surface area contributed by atoms with Crippen LogP contribution in [0.25, 0.3) is 0 Å². The number of cyclic esters (lactones) is 1. The molecule has 0 aromatic carbocycles. The summed E-state index contributed by atoms with van der Waals surface area (Å²) in [5.41, 5.74) is -1.13. The van der Waals surface area contributed by atoms with Crippen LogP contribution in [0.4, 0.5) is 0 Å². The fourth-order valence-electron chi connectivity index (χ4n) is 4.68. The minimum atomic E-state index is -0.951. The van der Waals surface area contributed by atoms with Crippen LogP contribution in [0.1, 0.15) is 33.1 Å². The van der Waals surface area contributed by atoms with E-state index in [0.29, 0.717) is 23.9 Å². The number of epoxide rings is 2. The summed E-state index contributed by atoms with van der Waals surface area (Å²) in [4.78, 5) is 12.5. The number of ether oxygens (including phenoxy) is 3. The highest BCUT2D eigenvalue weighted by Gasteiger charge is 2.69. The molecule has 7 heteroatoms. The summed E-state index contributed by atoms with van der Waals surface area (Å²) in [5.74, 6) is 0.474. The van der Waals surface area contributed by atoms with Crippen LogP contribution in [0.2, 0.25) is 0 Å². The summed E-state index contributed by atoms with van der Waals surface area (Å²) in [6.45, 7) is 3.69. The van der Waals surface area contributed by atoms with Crippen LogP contribution in [0.3, 0.4) is 0 Å². The molecule has 150 valence electrons. The number of aliphatic hydroxyl groups is 1. The van der Waals surface area contributed by atoms with Crippen LogP contribution in [0, 0.1) is 11.8 Å². The summed E-state index contributed by atoms with van der Waals surface area (Å²) in [5, 5.41) is 9.90. The van der Waals surface area contributed by atoms with Crippen molar-refractivity contribution < 1.29 is 24.1 Å². The van der Waals surface area contributed by atoms with Gasteiger partial charge in [0.1, 0.15) is 11.2 Å². The number of esters is 1. The van der Waals surface area contributed by atoms with Gasteiger partial charge in [-0.2, -0.15) is 0 Å². The van der Waals surface area contributed by atoms with Crippen molar-refractivity contribution in [2.75, 3.05) is 18.4 Å². The molecule has 4 rings (SSSR count). The Bertz CT molecular complexity index is 684. The van der Waals surface area contributed by atoms with Gasteiger partial charge in [0.2, 0.25) is 0 Å². The van der Waals surface area contributed by atoms with E-state index >= 15 is 0 Å². The van der Waals surface area contributed by atoms with E-state index in [1.807, 2.05) is 0 Å². The first-order chi connectivity index (χ1) is 12.7. The van der Waals surface area contributed by atoms with Gasteiger partial charge >= 0.3 is 5.97 Å². The first kappa shape index (κ1) is 19.7. The molecule has 0 bridgehead atoms. The maximum atomic E-state index is 12.5. The summed E-state index contributed by atoms with van der Waals surface area (Å²) >= 11 is 12.6. The van der Waals surface area contributed by atoms with Crippen LogP contribution in [0.5, 0.6) is 0 Å². The summed E-state index contributed by atoms with van der Waals surface area (Å²) in [6, 6.07) is 0. The fraction of sp³-hybridized carbons (Fsp3) is 0.750. The van der Waals surface area contributed by atoms with Crippen molar-refractivity contribution in [3.63, 3.8) is 0 Å². The lowest BCUT2D eigenvalue weighted by Crippen LogP contribution is -2.44. The average Bonchev–Trinajstić information content (AvgIpc) is 3.50. The Morgan fingerprint density at radius 1 is 1.26 bits per heavy atom. The molecular weight excluding hydrogens is 391 g/mol. The van der Waals surface area contributed by atoms with E-state index in [9.17, 15) is 9.90 Å². The van der Waals surface area contributed by atoms with Crippen molar-refractivity contribution in [2.24, 2.45) is 11.8 Å².